The van der Waals surface area contributed by atoms with E-state index in [-0.39, 0.29) is 34.1 Å². The van der Waals surface area contributed by atoms with Gasteiger partial charge in [0.15, 0.2) is 0 Å². The lowest BCUT2D eigenvalue weighted by molar-refractivity contribution is -0.139. The third kappa shape index (κ3) is 8.02. The van der Waals surface area contributed by atoms with E-state index in [1.165, 1.54) is 36.3 Å². The molecule has 1 aliphatic rings. The minimum atomic E-state index is -4.23. The highest BCUT2D eigenvalue weighted by molar-refractivity contribution is 7.92. The Balaban J connectivity index is 1.71. The molecule has 8 nitrogen and oxygen atoms in total. The van der Waals surface area contributed by atoms with Gasteiger partial charge in [-0.25, -0.2) is 8.42 Å². The Morgan fingerprint density at radius 2 is 1.65 bits per heavy atom. The van der Waals surface area contributed by atoms with Crippen molar-refractivity contribution in [2.45, 2.75) is 69.5 Å². The van der Waals surface area contributed by atoms with Gasteiger partial charge in [-0.1, -0.05) is 78.4 Å². The predicted octanol–water partition coefficient (Wildman–Crippen LogP) is 6.37. The number of carbonyl (C=O) groups is 2. The van der Waals surface area contributed by atoms with Crippen LogP contribution in [0.4, 0.5) is 5.69 Å². The molecule has 230 valence electrons. The molecule has 3 aromatic rings. The Morgan fingerprint density at radius 3 is 2.28 bits per heavy atom. The molecular weight excluding hydrogens is 609 g/mol. The number of nitrogens with one attached hydrogen (secondary N) is 1. The number of rotatable bonds is 11. The SMILES string of the molecule is COc1ccc(N(CC(=O)N(Cc2ccccc2Cl)C(C)C(=O)NC2CCCCC2)S(=O)(=O)c2ccc(C)cc2)cc1Cl. The molecule has 1 aliphatic carbocycles. The van der Waals surface area contributed by atoms with E-state index in [4.69, 9.17) is 27.9 Å². The molecule has 43 heavy (non-hydrogen) atoms. The van der Waals surface area contributed by atoms with Crippen molar-refractivity contribution in [1.29, 1.82) is 0 Å². The number of nitrogens with zero attached hydrogens (tertiary/aromatic N) is 2. The largest absolute Gasteiger partial charge is 0.495 e. The van der Waals surface area contributed by atoms with Gasteiger partial charge in [0.1, 0.15) is 18.3 Å². The van der Waals surface area contributed by atoms with Crippen LogP contribution in [0.1, 0.15) is 50.2 Å². The number of carbonyl (C=O) groups excluding carboxylic acids is 2. The molecule has 0 heterocycles. The minimum Gasteiger partial charge on any atom is -0.495 e. The molecule has 2 amide bonds. The topological polar surface area (TPSA) is 96.0 Å². The monoisotopic (exact) mass is 645 g/mol. The van der Waals surface area contributed by atoms with E-state index < -0.39 is 28.5 Å². The zero-order valence-electron chi connectivity index (χ0n) is 24.6. The highest BCUT2D eigenvalue weighted by Crippen LogP contribution is 2.32. The number of aryl methyl sites for hydroxylation is 1. The maximum absolute atomic E-state index is 14.2. The number of methoxy groups -OCH3 is 1. The molecule has 0 aromatic heterocycles. The van der Waals surface area contributed by atoms with Crippen LogP contribution < -0.4 is 14.4 Å². The maximum Gasteiger partial charge on any atom is 0.264 e. The predicted molar refractivity (Wildman–Crippen MR) is 170 cm³/mol. The van der Waals surface area contributed by atoms with Crippen molar-refractivity contribution >= 4 is 50.7 Å². The molecule has 0 saturated heterocycles. The zero-order valence-corrected chi connectivity index (χ0v) is 26.9. The average Bonchev–Trinajstić information content (AvgIpc) is 2.99. The Kier molecular flexibility index (Phi) is 11.0. The lowest BCUT2D eigenvalue weighted by Crippen LogP contribution is -2.53. The molecule has 0 aliphatic heterocycles. The van der Waals surface area contributed by atoms with Crippen LogP contribution in [-0.4, -0.2) is 50.9 Å². The van der Waals surface area contributed by atoms with Crippen molar-refractivity contribution in [2.24, 2.45) is 0 Å². The van der Waals surface area contributed by atoms with Gasteiger partial charge in [-0.3, -0.25) is 13.9 Å². The number of hydrogen-bond acceptors (Lipinski definition) is 5. The van der Waals surface area contributed by atoms with Crippen LogP contribution in [0, 0.1) is 6.92 Å². The van der Waals surface area contributed by atoms with Gasteiger partial charge in [-0.15, -0.1) is 0 Å². The highest BCUT2D eigenvalue weighted by Gasteiger charge is 2.33. The van der Waals surface area contributed by atoms with Crippen LogP contribution >= 0.6 is 23.2 Å². The summed E-state index contributed by atoms with van der Waals surface area (Å²) in [5.41, 5.74) is 1.70. The van der Waals surface area contributed by atoms with Crippen molar-refractivity contribution in [3.8, 4) is 5.75 Å². The van der Waals surface area contributed by atoms with E-state index in [9.17, 15) is 18.0 Å². The standard InChI is InChI=1S/C32H37Cl2N3O5S/c1-22-13-16-27(17-14-22)43(40,41)37(26-15-18-30(42-3)29(34)19-26)21-31(38)36(20-24-9-7-8-12-28(24)33)23(2)32(39)35-25-10-5-4-6-11-25/h7-9,12-19,23,25H,4-6,10-11,20-21H2,1-3H3,(H,35,39). The molecule has 0 spiro atoms. The highest BCUT2D eigenvalue weighted by atomic mass is 35.5. The molecule has 4 rings (SSSR count). The molecule has 0 bridgehead atoms. The summed E-state index contributed by atoms with van der Waals surface area (Å²) in [5, 5.41) is 3.71. The number of amides is 2. The average molecular weight is 647 g/mol. The smallest absolute Gasteiger partial charge is 0.264 e. The summed E-state index contributed by atoms with van der Waals surface area (Å²) in [6.07, 6.45) is 4.99. The Morgan fingerprint density at radius 1 is 0.977 bits per heavy atom. The van der Waals surface area contributed by atoms with E-state index in [2.05, 4.69) is 5.32 Å². The first-order valence-electron chi connectivity index (χ1n) is 14.3. The summed E-state index contributed by atoms with van der Waals surface area (Å²) in [7, 11) is -2.77. The van der Waals surface area contributed by atoms with Gasteiger partial charge in [-0.05, 0) is 68.7 Å². The van der Waals surface area contributed by atoms with Crippen LogP contribution in [0.5, 0.6) is 5.75 Å². The van der Waals surface area contributed by atoms with Crippen molar-refractivity contribution in [3.05, 3.63) is 87.9 Å². The summed E-state index contributed by atoms with van der Waals surface area (Å²) < 4.78 is 34.3. The van der Waals surface area contributed by atoms with E-state index in [0.717, 1.165) is 42.0 Å². The third-order valence-electron chi connectivity index (χ3n) is 7.73. The second-order valence-corrected chi connectivity index (χ2v) is 13.5. The van der Waals surface area contributed by atoms with E-state index in [1.54, 1.807) is 49.4 Å². The molecule has 0 radical (unpaired) electrons. The van der Waals surface area contributed by atoms with Gasteiger partial charge in [0.05, 0.1) is 22.7 Å². The van der Waals surface area contributed by atoms with Crippen molar-refractivity contribution in [1.82, 2.24) is 10.2 Å². The van der Waals surface area contributed by atoms with Gasteiger partial charge < -0.3 is 15.0 Å². The van der Waals surface area contributed by atoms with Crippen molar-refractivity contribution in [3.63, 3.8) is 0 Å². The molecule has 1 atom stereocenters. The number of hydrogen-bond donors (Lipinski definition) is 1. The first-order chi connectivity index (χ1) is 20.5. The summed E-state index contributed by atoms with van der Waals surface area (Å²) in [4.78, 5) is 29.0. The Bertz CT molecular complexity index is 1540. The number of ether oxygens (including phenoxy) is 1. The number of anilines is 1. The third-order valence-corrected chi connectivity index (χ3v) is 10.2. The van der Waals surface area contributed by atoms with Crippen LogP contribution in [0.2, 0.25) is 10.0 Å². The van der Waals surface area contributed by atoms with E-state index in [0.29, 0.717) is 16.3 Å². The number of benzene rings is 3. The molecule has 1 saturated carbocycles. The fraction of sp³-hybridized carbons (Fsp3) is 0.375. The molecule has 3 aromatic carbocycles. The van der Waals surface area contributed by atoms with Crippen molar-refractivity contribution in [2.75, 3.05) is 18.0 Å². The molecule has 11 heteroatoms. The first kappa shape index (κ1) is 32.6. The maximum atomic E-state index is 14.2. The van der Waals surface area contributed by atoms with Crippen LogP contribution in [0.15, 0.2) is 71.6 Å². The molecule has 1 N–H and O–H groups in total. The van der Waals surface area contributed by atoms with Crippen LogP contribution in [0.3, 0.4) is 0 Å². The fourth-order valence-electron chi connectivity index (χ4n) is 5.14. The summed E-state index contributed by atoms with van der Waals surface area (Å²) in [6, 6.07) is 17.1. The fourth-order valence-corrected chi connectivity index (χ4v) is 6.99. The van der Waals surface area contributed by atoms with Gasteiger partial charge in [-0.2, -0.15) is 0 Å². The normalized spacial score (nSPS) is 14.5. The minimum absolute atomic E-state index is 0.0126. The zero-order chi connectivity index (χ0) is 31.1. The van der Waals surface area contributed by atoms with E-state index >= 15 is 0 Å². The summed E-state index contributed by atoms with van der Waals surface area (Å²) in [5.74, 6) is -0.514. The Labute approximate surface area is 264 Å². The Hall–Kier alpha value is -3.27. The molecule has 1 unspecified atom stereocenters. The second-order valence-electron chi connectivity index (χ2n) is 10.8. The first-order valence-corrected chi connectivity index (χ1v) is 16.5. The summed E-state index contributed by atoms with van der Waals surface area (Å²) >= 11 is 12.8. The van der Waals surface area contributed by atoms with Crippen molar-refractivity contribution < 1.29 is 22.7 Å². The van der Waals surface area contributed by atoms with Crippen LogP contribution in [0.25, 0.3) is 0 Å². The van der Waals surface area contributed by atoms with Gasteiger partial charge in [0.2, 0.25) is 11.8 Å². The van der Waals surface area contributed by atoms with Crippen LogP contribution in [-0.2, 0) is 26.2 Å². The van der Waals surface area contributed by atoms with Gasteiger partial charge in [0.25, 0.3) is 10.0 Å². The lowest BCUT2D eigenvalue weighted by atomic mass is 9.95. The summed E-state index contributed by atoms with van der Waals surface area (Å²) in [6.45, 7) is 2.94. The quantitative estimate of drug-likeness (QED) is 0.261. The molecule has 1 fully saturated rings. The number of halogens is 2. The molecular formula is C32H37Cl2N3O5S. The van der Waals surface area contributed by atoms with E-state index in [1.807, 2.05) is 6.92 Å². The van der Waals surface area contributed by atoms with Gasteiger partial charge >= 0.3 is 0 Å². The second kappa shape index (κ2) is 14.5. The lowest BCUT2D eigenvalue weighted by Gasteiger charge is -2.33. The van der Waals surface area contributed by atoms with Gasteiger partial charge in [0, 0.05) is 17.6 Å². The number of sulfonamides is 1.